The van der Waals surface area contributed by atoms with Crippen LogP contribution in [0.5, 0.6) is 0 Å². The standard InChI is InChI=1S/C31H32ClN2O3.BrH/c32-27-13-11-23(12-14-27)22-36-29-21-34(17-15-24(29)16-18-34)20-28-19-33-30(37-28)31(35,25-7-3-1-4-8-25)26-9-5-2-6-10-26;/h1-14,19,24,29,35H,15-18,20-22H2;1H/q+1;/p-1/t24?,29-,34?;/m0./s1. The van der Waals surface area contributed by atoms with Crippen molar-refractivity contribution in [2.75, 3.05) is 19.6 Å². The Morgan fingerprint density at radius 1 is 0.921 bits per heavy atom. The zero-order valence-corrected chi connectivity index (χ0v) is 23.5. The molecular weight excluding hydrogens is 564 g/mol. The van der Waals surface area contributed by atoms with E-state index in [4.69, 9.17) is 20.8 Å². The van der Waals surface area contributed by atoms with Gasteiger partial charge in [0.15, 0.2) is 11.4 Å². The molecule has 7 heteroatoms. The van der Waals surface area contributed by atoms with Gasteiger partial charge in [0.25, 0.3) is 0 Å². The van der Waals surface area contributed by atoms with E-state index in [1.807, 2.05) is 84.9 Å². The molecule has 0 spiro atoms. The summed E-state index contributed by atoms with van der Waals surface area (Å²) in [5.41, 5.74) is 1.15. The second-order valence-corrected chi connectivity index (χ2v) is 11.0. The number of aliphatic hydroxyl groups is 1. The zero-order valence-electron chi connectivity index (χ0n) is 21.2. The Kier molecular flexibility index (Phi) is 8.08. The summed E-state index contributed by atoms with van der Waals surface area (Å²) in [6, 6.07) is 27.1. The Hall–Kier alpha value is -2.48. The molecule has 3 aliphatic rings. The summed E-state index contributed by atoms with van der Waals surface area (Å²) in [5, 5.41) is 12.8. The summed E-state index contributed by atoms with van der Waals surface area (Å²) in [4.78, 5) is 4.62. The van der Waals surface area contributed by atoms with Crippen molar-refractivity contribution in [2.24, 2.45) is 5.92 Å². The summed E-state index contributed by atoms with van der Waals surface area (Å²) in [6.07, 6.45) is 4.34. The van der Waals surface area contributed by atoms with Gasteiger partial charge < -0.3 is 35.7 Å². The van der Waals surface area contributed by atoms with Crippen LogP contribution in [0.2, 0.25) is 5.02 Å². The fraction of sp³-hybridized carbons (Fsp3) is 0.323. The second kappa shape index (κ2) is 11.3. The van der Waals surface area contributed by atoms with Gasteiger partial charge in [-0.2, -0.15) is 0 Å². The van der Waals surface area contributed by atoms with E-state index in [1.54, 1.807) is 6.20 Å². The monoisotopic (exact) mass is 594 g/mol. The molecule has 7 rings (SSSR count). The van der Waals surface area contributed by atoms with Crippen molar-refractivity contribution < 1.29 is 35.7 Å². The highest BCUT2D eigenvalue weighted by atomic mass is 79.9. The first-order valence-electron chi connectivity index (χ1n) is 13.0. The normalized spacial score (nSPS) is 22.7. The van der Waals surface area contributed by atoms with E-state index in [2.05, 4.69) is 4.98 Å². The summed E-state index contributed by atoms with van der Waals surface area (Å²) in [7, 11) is 0. The lowest BCUT2D eigenvalue weighted by Gasteiger charge is -2.52. The van der Waals surface area contributed by atoms with Gasteiger partial charge in [0.2, 0.25) is 5.89 Å². The van der Waals surface area contributed by atoms with E-state index < -0.39 is 5.60 Å². The van der Waals surface area contributed by atoms with Gasteiger partial charge in [0.05, 0.1) is 25.9 Å². The predicted molar refractivity (Wildman–Crippen MR) is 143 cm³/mol. The highest BCUT2D eigenvalue weighted by molar-refractivity contribution is 6.30. The first kappa shape index (κ1) is 27.1. The van der Waals surface area contributed by atoms with Crippen molar-refractivity contribution in [1.82, 2.24) is 4.98 Å². The third-order valence-electron chi connectivity index (χ3n) is 8.16. The van der Waals surface area contributed by atoms with Gasteiger partial charge in [-0.25, -0.2) is 4.98 Å². The molecular formula is C31H32BrClN2O3. The number of fused-ring (bicyclic) bond motifs is 3. The number of benzene rings is 3. The van der Waals surface area contributed by atoms with Gasteiger partial charge in [-0.05, 0) is 28.8 Å². The Balaban J connectivity index is 0.00000294. The molecule has 0 aliphatic carbocycles. The molecule has 3 saturated heterocycles. The quantitative estimate of drug-likeness (QED) is 0.319. The maximum absolute atomic E-state index is 12.0. The molecule has 198 valence electrons. The number of oxazole rings is 1. The number of piperidine rings is 3. The zero-order chi connectivity index (χ0) is 25.3. The molecule has 2 bridgehead atoms. The topological polar surface area (TPSA) is 55.5 Å². The average molecular weight is 596 g/mol. The number of ether oxygens (including phenoxy) is 1. The molecule has 0 radical (unpaired) electrons. The number of quaternary nitrogens is 1. The first-order valence-corrected chi connectivity index (χ1v) is 13.4. The minimum absolute atomic E-state index is 0. The summed E-state index contributed by atoms with van der Waals surface area (Å²) >= 11 is 6.03. The lowest BCUT2D eigenvalue weighted by Crippen LogP contribution is -3.00. The first-order chi connectivity index (χ1) is 18.0. The average Bonchev–Trinajstić information content (AvgIpc) is 3.42. The number of aromatic nitrogens is 1. The van der Waals surface area contributed by atoms with Gasteiger partial charge in [-0.15, -0.1) is 0 Å². The van der Waals surface area contributed by atoms with Crippen LogP contribution in [0.4, 0.5) is 0 Å². The van der Waals surface area contributed by atoms with Crippen LogP contribution in [0.15, 0.2) is 95.5 Å². The van der Waals surface area contributed by atoms with Crippen molar-refractivity contribution in [2.45, 2.75) is 37.7 Å². The Bertz CT molecular complexity index is 1280. The van der Waals surface area contributed by atoms with Crippen LogP contribution in [0.1, 0.15) is 41.2 Å². The van der Waals surface area contributed by atoms with E-state index >= 15 is 0 Å². The van der Waals surface area contributed by atoms with Crippen LogP contribution in [0, 0.1) is 5.92 Å². The number of nitrogens with zero attached hydrogens (tertiary/aromatic N) is 2. The summed E-state index contributed by atoms with van der Waals surface area (Å²) in [6.45, 7) is 4.55. The van der Waals surface area contributed by atoms with Crippen LogP contribution < -0.4 is 17.0 Å². The highest BCUT2D eigenvalue weighted by Gasteiger charge is 2.47. The molecule has 1 atom stereocenters. The fourth-order valence-electron chi connectivity index (χ4n) is 6.07. The van der Waals surface area contributed by atoms with Gasteiger partial charge >= 0.3 is 0 Å². The van der Waals surface area contributed by atoms with E-state index in [0.29, 0.717) is 18.4 Å². The predicted octanol–water partition coefficient (Wildman–Crippen LogP) is 2.94. The van der Waals surface area contributed by atoms with Crippen molar-refractivity contribution >= 4 is 11.6 Å². The number of hydrogen-bond donors (Lipinski definition) is 1. The van der Waals surface area contributed by atoms with E-state index in [-0.39, 0.29) is 23.1 Å². The van der Waals surface area contributed by atoms with Crippen molar-refractivity contribution in [3.8, 4) is 0 Å². The maximum Gasteiger partial charge on any atom is 0.236 e. The van der Waals surface area contributed by atoms with Crippen LogP contribution >= 0.6 is 11.6 Å². The fourth-order valence-corrected chi connectivity index (χ4v) is 6.19. The minimum atomic E-state index is -1.46. The third-order valence-corrected chi connectivity index (χ3v) is 8.41. The Morgan fingerprint density at radius 3 is 2.13 bits per heavy atom. The van der Waals surface area contributed by atoms with Gasteiger partial charge in [0, 0.05) is 23.8 Å². The molecule has 5 nitrogen and oxygen atoms in total. The second-order valence-electron chi connectivity index (χ2n) is 10.5. The number of hydrogen-bond acceptors (Lipinski definition) is 4. The molecule has 3 fully saturated rings. The molecule has 1 N–H and O–H groups in total. The van der Waals surface area contributed by atoms with E-state index in [1.165, 1.54) is 0 Å². The molecule has 3 aromatic carbocycles. The number of halogens is 2. The summed E-state index contributed by atoms with van der Waals surface area (Å²) in [5.74, 6) is 1.72. The van der Waals surface area contributed by atoms with Crippen LogP contribution in [0.3, 0.4) is 0 Å². The molecule has 4 heterocycles. The van der Waals surface area contributed by atoms with Crippen molar-refractivity contribution in [3.63, 3.8) is 0 Å². The van der Waals surface area contributed by atoms with Crippen LogP contribution in [-0.4, -0.2) is 40.3 Å². The largest absolute Gasteiger partial charge is 1.00 e. The van der Waals surface area contributed by atoms with Gasteiger partial charge in [0.1, 0.15) is 19.2 Å². The number of rotatable bonds is 8. The van der Waals surface area contributed by atoms with E-state index in [0.717, 1.165) is 71.0 Å². The molecule has 4 aromatic rings. The minimum Gasteiger partial charge on any atom is -1.00 e. The van der Waals surface area contributed by atoms with Crippen LogP contribution in [0.25, 0.3) is 0 Å². The molecule has 3 aliphatic heterocycles. The van der Waals surface area contributed by atoms with E-state index in [9.17, 15) is 5.11 Å². The van der Waals surface area contributed by atoms with Gasteiger partial charge in [-0.1, -0.05) is 84.4 Å². The lowest BCUT2D eigenvalue weighted by molar-refractivity contribution is -0.959. The summed E-state index contributed by atoms with van der Waals surface area (Å²) < 4.78 is 13.7. The van der Waals surface area contributed by atoms with Crippen molar-refractivity contribution in [3.05, 3.63) is 124 Å². The Morgan fingerprint density at radius 2 is 1.53 bits per heavy atom. The smallest absolute Gasteiger partial charge is 0.236 e. The molecule has 0 unspecified atom stereocenters. The molecule has 38 heavy (non-hydrogen) atoms. The molecule has 1 aromatic heterocycles. The van der Waals surface area contributed by atoms with Gasteiger partial charge in [-0.3, -0.25) is 0 Å². The molecule has 0 saturated carbocycles. The third kappa shape index (κ3) is 5.33. The SMILES string of the molecule is OC(c1ccccc1)(c1ccccc1)c1ncc(C[N+]23CCC(CC2)[C@@H](OCc2ccc(Cl)cc2)C3)o1.[Br-]. The van der Waals surface area contributed by atoms with Crippen molar-refractivity contribution in [1.29, 1.82) is 0 Å². The van der Waals surface area contributed by atoms with Crippen LogP contribution in [-0.2, 0) is 23.5 Å². The molecule has 0 amide bonds. The lowest BCUT2D eigenvalue weighted by atomic mass is 9.83. The Labute approximate surface area is 239 Å². The highest BCUT2D eigenvalue weighted by Crippen LogP contribution is 2.39. The maximum atomic E-state index is 12.0.